The Morgan fingerprint density at radius 1 is 0.500 bits per heavy atom. The van der Waals surface area contributed by atoms with Crippen LogP contribution in [-0.2, 0) is 0 Å². The quantitative estimate of drug-likeness (QED) is 0.481. The van der Waals surface area contributed by atoms with E-state index in [1.54, 1.807) is 0 Å². The molecule has 1 rings (SSSR count). The maximum Gasteiger partial charge on any atom is -0.0171 e. The van der Waals surface area contributed by atoms with Gasteiger partial charge in [0.15, 0.2) is 0 Å². The lowest BCUT2D eigenvalue weighted by molar-refractivity contribution is 0.617. The first-order valence-corrected chi connectivity index (χ1v) is 6.13. The molecule has 0 heteroatoms. The normalized spacial score (nSPS) is 26.3. The number of hydrogen-bond acceptors (Lipinski definition) is 0. The molecule has 0 aliphatic heterocycles. The highest BCUT2D eigenvalue weighted by Crippen LogP contribution is 2.10. The van der Waals surface area contributed by atoms with E-state index in [9.17, 15) is 0 Å². The van der Waals surface area contributed by atoms with E-state index in [0.717, 1.165) is 0 Å². The van der Waals surface area contributed by atoms with Crippen molar-refractivity contribution in [1.82, 2.24) is 0 Å². The van der Waals surface area contributed by atoms with Gasteiger partial charge in [-0.1, -0.05) is 50.0 Å². The summed E-state index contributed by atoms with van der Waals surface area (Å²) in [6.45, 7) is 0. The monoisotopic (exact) mass is 191 g/mol. The molecule has 0 aromatic heterocycles. The fraction of sp³-hybridized carbons (Fsp3) is 0.643. The minimum atomic E-state index is 1.20. The minimum absolute atomic E-state index is 1.20. The van der Waals surface area contributed by atoms with Gasteiger partial charge >= 0.3 is 0 Å². The van der Waals surface area contributed by atoms with Crippen LogP contribution in [0.2, 0.25) is 0 Å². The highest BCUT2D eigenvalue weighted by Gasteiger charge is 1.90. The van der Waals surface area contributed by atoms with E-state index < -0.39 is 0 Å². The second-order valence-electron chi connectivity index (χ2n) is 4.06. The van der Waals surface area contributed by atoms with Crippen LogP contribution in [0.25, 0.3) is 0 Å². The van der Waals surface area contributed by atoms with Crippen LogP contribution in [0.1, 0.15) is 57.8 Å². The zero-order chi connectivity index (χ0) is 9.90. The average Bonchev–Trinajstić information content (AvgIpc) is 2.22. The summed E-state index contributed by atoms with van der Waals surface area (Å²) in [7, 11) is 0. The third kappa shape index (κ3) is 6.94. The fourth-order valence-corrected chi connectivity index (χ4v) is 1.77. The molecule has 0 saturated carbocycles. The van der Waals surface area contributed by atoms with Crippen LogP contribution in [0, 0.1) is 6.42 Å². The van der Waals surface area contributed by atoms with Crippen molar-refractivity contribution in [3.63, 3.8) is 0 Å². The van der Waals surface area contributed by atoms with Gasteiger partial charge in [0.2, 0.25) is 0 Å². The molecule has 0 fully saturated rings. The largest absolute Gasteiger partial charge is 0.0885 e. The molecule has 0 nitrogen and oxygen atoms in total. The topological polar surface area (TPSA) is 0 Å². The zero-order valence-electron chi connectivity index (χ0n) is 9.25. The molecule has 14 heavy (non-hydrogen) atoms. The Morgan fingerprint density at radius 3 is 2.07 bits per heavy atom. The van der Waals surface area contributed by atoms with E-state index in [0.29, 0.717) is 0 Å². The molecule has 1 aliphatic rings. The Bertz CT molecular complexity index is 145. The highest BCUT2D eigenvalue weighted by atomic mass is 14.0. The van der Waals surface area contributed by atoms with Gasteiger partial charge in [-0.25, -0.2) is 0 Å². The Labute approximate surface area is 89.1 Å². The maximum atomic E-state index is 2.35. The number of allylic oxidation sites excluding steroid dienone is 4. The molecule has 0 bridgehead atoms. The third-order valence-electron chi connectivity index (χ3n) is 2.68. The SMILES string of the molecule is [CH]1/C=C/CC/C=C\CCCCCCC1. The lowest BCUT2D eigenvalue weighted by Gasteiger charge is -2.00. The minimum Gasteiger partial charge on any atom is -0.0885 e. The van der Waals surface area contributed by atoms with Crippen molar-refractivity contribution in [2.75, 3.05) is 0 Å². The van der Waals surface area contributed by atoms with Crippen molar-refractivity contribution >= 4 is 0 Å². The molecule has 1 aliphatic carbocycles. The summed E-state index contributed by atoms with van der Waals surface area (Å²) in [4.78, 5) is 0. The molecule has 0 atom stereocenters. The molecule has 0 unspecified atom stereocenters. The van der Waals surface area contributed by atoms with Crippen molar-refractivity contribution in [3.8, 4) is 0 Å². The fourth-order valence-electron chi connectivity index (χ4n) is 1.77. The van der Waals surface area contributed by atoms with E-state index in [-0.39, 0.29) is 0 Å². The lowest BCUT2D eigenvalue weighted by atomic mass is 10.1. The molecule has 0 spiro atoms. The number of hydrogen-bond donors (Lipinski definition) is 0. The predicted octanol–water partition coefficient (Wildman–Crippen LogP) is 4.83. The molecule has 0 N–H and O–H groups in total. The summed E-state index contributed by atoms with van der Waals surface area (Å²) in [5, 5.41) is 0. The molecule has 79 valence electrons. The van der Waals surface area contributed by atoms with Crippen molar-refractivity contribution in [2.45, 2.75) is 57.8 Å². The molecule has 0 aromatic rings. The van der Waals surface area contributed by atoms with Gasteiger partial charge in [-0.2, -0.15) is 0 Å². The first-order chi connectivity index (χ1) is 7.00. The van der Waals surface area contributed by atoms with Gasteiger partial charge < -0.3 is 0 Å². The second-order valence-corrected chi connectivity index (χ2v) is 4.06. The Balaban J connectivity index is 2.17. The van der Waals surface area contributed by atoms with Crippen LogP contribution in [-0.4, -0.2) is 0 Å². The molecule has 0 heterocycles. The summed E-state index contributed by atoms with van der Waals surface area (Å²) in [6, 6.07) is 0. The number of rotatable bonds is 0. The average molecular weight is 191 g/mol. The molecule has 1 radical (unpaired) electrons. The Kier molecular flexibility index (Phi) is 7.47. The molecule has 0 amide bonds. The molecular weight excluding hydrogens is 168 g/mol. The first-order valence-electron chi connectivity index (χ1n) is 6.13. The summed E-state index contributed by atoms with van der Waals surface area (Å²) >= 11 is 0. The highest BCUT2D eigenvalue weighted by molar-refractivity contribution is 4.96. The third-order valence-corrected chi connectivity index (χ3v) is 2.68. The van der Waals surface area contributed by atoms with Crippen molar-refractivity contribution in [2.24, 2.45) is 0 Å². The first kappa shape index (κ1) is 11.6. The van der Waals surface area contributed by atoms with Gasteiger partial charge in [0, 0.05) is 0 Å². The van der Waals surface area contributed by atoms with Crippen LogP contribution >= 0.6 is 0 Å². The summed E-state index contributed by atoms with van der Waals surface area (Å²) in [5.74, 6) is 0. The van der Waals surface area contributed by atoms with Crippen LogP contribution in [0.4, 0.5) is 0 Å². The van der Waals surface area contributed by atoms with E-state index in [1.807, 2.05) is 0 Å². The van der Waals surface area contributed by atoms with Crippen LogP contribution < -0.4 is 0 Å². The molecule has 0 aromatic carbocycles. The summed E-state index contributed by atoms with van der Waals surface area (Å²) < 4.78 is 0. The van der Waals surface area contributed by atoms with E-state index in [2.05, 4.69) is 30.7 Å². The maximum absolute atomic E-state index is 2.35. The predicted molar refractivity (Wildman–Crippen MR) is 64.1 cm³/mol. The molecular formula is C14H23. The van der Waals surface area contributed by atoms with E-state index >= 15 is 0 Å². The smallest absolute Gasteiger partial charge is 0.0171 e. The van der Waals surface area contributed by atoms with Gasteiger partial charge in [0.05, 0.1) is 0 Å². The van der Waals surface area contributed by atoms with E-state index in [4.69, 9.17) is 0 Å². The van der Waals surface area contributed by atoms with Crippen molar-refractivity contribution in [1.29, 1.82) is 0 Å². The van der Waals surface area contributed by atoms with Crippen molar-refractivity contribution < 1.29 is 0 Å². The van der Waals surface area contributed by atoms with Gasteiger partial charge in [0.1, 0.15) is 0 Å². The van der Waals surface area contributed by atoms with Gasteiger partial charge in [-0.3, -0.25) is 0 Å². The van der Waals surface area contributed by atoms with Gasteiger partial charge in [0.25, 0.3) is 0 Å². The Hall–Kier alpha value is -0.520. The van der Waals surface area contributed by atoms with Crippen molar-refractivity contribution in [3.05, 3.63) is 30.7 Å². The van der Waals surface area contributed by atoms with Crippen LogP contribution in [0.15, 0.2) is 24.3 Å². The molecule has 0 saturated heterocycles. The van der Waals surface area contributed by atoms with E-state index in [1.165, 1.54) is 57.8 Å². The standard InChI is InChI=1S/C14H23/c1-2-4-6-8-10-12-14-13-11-9-7-5-3-1/h1-3,8,10H,4-7,9,11-14H2/b2-1+,10-8-. The summed E-state index contributed by atoms with van der Waals surface area (Å²) in [6.07, 6.45) is 23.5. The van der Waals surface area contributed by atoms with Crippen LogP contribution in [0.3, 0.4) is 0 Å². The second kappa shape index (κ2) is 9.05. The Morgan fingerprint density at radius 2 is 1.14 bits per heavy atom. The van der Waals surface area contributed by atoms with Gasteiger partial charge in [-0.05, 0) is 38.5 Å². The lowest BCUT2D eigenvalue weighted by Crippen LogP contribution is -1.80. The van der Waals surface area contributed by atoms with Gasteiger partial charge in [-0.15, -0.1) is 0 Å². The summed E-state index contributed by atoms with van der Waals surface area (Å²) in [5.41, 5.74) is 0. The van der Waals surface area contributed by atoms with Crippen LogP contribution in [0.5, 0.6) is 0 Å². The zero-order valence-corrected chi connectivity index (χ0v) is 9.25.